The van der Waals surface area contributed by atoms with E-state index in [2.05, 4.69) is 10.4 Å². The molecule has 2 aromatic rings. The van der Waals surface area contributed by atoms with Gasteiger partial charge in [-0.2, -0.15) is 23.5 Å². The smallest absolute Gasteiger partial charge is 0.384 e. The van der Waals surface area contributed by atoms with Crippen LogP contribution in [0, 0.1) is 11.3 Å². The van der Waals surface area contributed by atoms with Crippen LogP contribution in [0.1, 0.15) is 17.5 Å². The first-order chi connectivity index (χ1) is 10.0. The van der Waals surface area contributed by atoms with Gasteiger partial charge >= 0.3 is 6.18 Å². The largest absolute Gasteiger partial charge is 0.416 e. The molecule has 0 aliphatic heterocycles. The molecular formula is C14H13F3N4. The molecule has 0 saturated heterocycles. The highest BCUT2D eigenvalue weighted by molar-refractivity contribution is 5.58. The van der Waals surface area contributed by atoms with Crippen molar-refractivity contribution >= 4 is 5.69 Å². The number of anilines is 1. The maximum atomic E-state index is 12.6. The van der Waals surface area contributed by atoms with Crippen molar-refractivity contribution < 1.29 is 13.2 Å². The molecule has 4 nitrogen and oxygen atoms in total. The first kappa shape index (κ1) is 14.9. The molecule has 1 heterocycles. The lowest BCUT2D eigenvalue weighted by Gasteiger charge is -2.11. The third kappa shape index (κ3) is 3.99. The quantitative estimate of drug-likeness (QED) is 0.861. The summed E-state index contributed by atoms with van der Waals surface area (Å²) in [5, 5.41) is 16.0. The molecule has 0 unspecified atom stereocenters. The van der Waals surface area contributed by atoms with E-state index in [4.69, 9.17) is 5.26 Å². The van der Waals surface area contributed by atoms with Crippen LogP contribution >= 0.6 is 0 Å². The third-order valence-electron chi connectivity index (χ3n) is 2.91. The molecule has 1 aromatic heterocycles. The average molecular weight is 294 g/mol. The number of nitrogens with zero attached hydrogens (tertiary/aromatic N) is 3. The van der Waals surface area contributed by atoms with Gasteiger partial charge in [-0.1, -0.05) is 0 Å². The van der Waals surface area contributed by atoms with E-state index in [0.29, 0.717) is 18.8 Å². The Morgan fingerprint density at radius 2 is 2.14 bits per heavy atom. The number of hydrogen-bond donors (Lipinski definition) is 1. The molecule has 0 amide bonds. The molecule has 110 valence electrons. The Kier molecular flexibility index (Phi) is 4.48. The SMILES string of the molecule is N#Cc1cc(C(F)(F)F)ccc1NCCCn1cccn1. The zero-order valence-corrected chi connectivity index (χ0v) is 11.1. The number of benzene rings is 1. The summed E-state index contributed by atoms with van der Waals surface area (Å²) in [4.78, 5) is 0. The zero-order chi connectivity index (χ0) is 15.3. The Hall–Kier alpha value is -2.49. The summed E-state index contributed by atoms with van der Waals surface area (Å²) >= 11 is 0. The fraction of sp³-hybridized carbons (Fsp3) is 0.286. The Bertz CT molecular complexity index is 627. The average Bonchev–Trinajstić information content (AvgIpc) is 2.95. The van der Waals surface area contributed by atoms with E-state index in [9.17, 15) is 13.2 Å². The van der Waals surface area contributed by atoms with Gasteiger partial charge in [0, 0.05) is 25.5 Å². The molecule has 0 aliphatic carbocycles. The first-order valence-electron chi connectivity index (χ1n) is 6.33. The van der Waals surface area contributed by atoms with Gasteiger partial charge in [0.2, 0.25) is 0 Å². The molecule has 1 aromatic carbocycles. The van der Waals surface area contributed by atoms with E-state index in [1.165, 1.54) is 6.07 Å². The summed E-state index contributed by atoms with van der Waals surface area (Å²) in [5.74, 6) is 0. The second-order valence-electron chi connectivity index (χ2n) is 4.42. The molecule has 0 radical (unpaired) electrons. The van der Waals surface area contributed by atoms with Crippen LogP contribution in [-0.2, 0) is 12.7 Å². The van der Waals surface area contributed by atoms with Crippen molar-refractivity contribution in [3.8, 4) is 6.07 Å². The number of aromatic nitrogens is 2. The third-order valence-corrected chi connectivity index (χ3v) is 2.91. The van der Waals surface area contributed by atoms with Crippen LogP contribution in [0.4, 0.5) is 18.9 Å². The second kappa shape index (κ2) is 6.31. The highest BCUT2D eigenvalue weighted by atomic mass is 19.4. The molecule has 0 spiro atoms. The van der Waals surface area contributed by atoms with Gasteiger partial charge in [0.15, 0.2) is 0 Å². The minimum absolute atomic E-state index is 0.0103. The van der Waals surface area contributed by atoms with Crippen molar-refractivity contribution in [1.82, 2.24) is 9.78 Å². The van der Waals surface area contributed by atoms with Gasteiger partial charge in [-0.3, -0.25) is 4.68 Å². The lowest BCUT2D eigenvalue weighted by atomic mass is 10.1. The van der Waals surface area contributed by atoms with Crippen LogP contribution in [-0.4, -0.2) is 16.3 Å². The molecule has 0 saturated carbocycles. The standard InChI is InChI=1S/C14H13F3N4/c15-14(16,17)12-3-4-13(11(9-12)10-18)19-5-1-7-21-8-2-6-20-21/h2-4,6,8-9,19H,1,5,7H2. The van der Waals surface area contributed by atoms with Crippen LogP contribution in [0.15, 0.2) is 36.7 Å². The van der Waals surface area contributed by atoms with Gasteiger partial charge in [-0.15, -0.1) is 0 Å². The van der Waals surface area contributed by atoms with Gasteiger partial charge in [-0.05, 0) is 30.7 Å². The fourth-order valence-electron chi connectivity index (χ4n) is 1.86. The van der Waals surface area contributed by atoms with Crippen molar-refractivity contribution in [2.75, 3.05) is 11.9 Å². The summed E-state index contributed by atoms with van der Waals surface area (Å²) in [7, 11) is 0. The maximum Gasteiger partial charge on any atom is 0.416 e. The van der Waals surface area contributed by atoms with Crippen LogP contribution in [0.3, 0.4) is 0 Å². The lowest BCUT2D eigenvalue weighted by Crippen LogP contribution is -2.10. The van der Waals surface area contributed by atoms with Gasteiger partial charge < -0.3 is 5.32 Å². The van der Waals surface area contributed by atoms with Crippen molar-refractivity contribution in [1.29, 1.82) is 5.26 Å². The summed E-state index contributed by atoms with van der Waals surface area (Å²) in [6.07, 6.45) is -0.187. The molecule has 0 bridgehead atoms. The minimum Gasteiger partial charge on any atom is -0.384 e. The van der Waals surface area contributed by atoms with Crippen molar-refractivity contribution in [3.05, 3.63) is 47.8 Å². The minimum atomic E-state index is -4.44. The number of aryl methyl sites for hydroxylation is 1. The second-order valence-corrected chi connectivity index (χ2v) is 4.42. The monoisotopic (exact) mass is 294 g/mol. The molecule has 0 aliphatic rings. The molecule has 0 fully saturated rings. The number of alkyl halides is 3. The van der Waals surface area contributed by atoms with Gasteiger partial charge in [0.1, 0.15) is 6.07 Å². The van der Waals surface area contributed by atoms with Crippen LogP contribution < -0.4 is 5.32 Å². The van der Waals surface area contributed by atoms with Crippen molar-refractivity contribution in [3.63, 3.8) is 0 Å². The predicted octanol–water partition coefficient (Wildman–Crippen LogP) is 3.28. The van der Waals surface area contributed by atoms with Crippen LogP contribution in [0.25, 0.3) is 0 Å². The summed E-state index contributed by atoms with van der Waals surface area (Å²) in [6, 6.07) is 6.71. The number of halogens is 3. The number of hydrogen-bond acceptors (Lipinski definition) is 3. The normalized spacial score (nSPS) is 11.1. The molecule has 2 rings (SSSR count). The Balaban J connectivity index is 1.95. The van der Waals surface area contributed by atoms with Gasteiger partial charge in [0.05, 0.1) is 16.8 Å². The van der Waals surface area contributed by atoms with Gasteiger partial charge in [0.25, 0.3) is 0 Å². The summed E-state index contributed by atoms with van der Waals surface area (Å²) < 4.78 is 39.4. The molecule has 21 heavy (non-hydrogen) atoms. The highest BCUT2D eigenvalue weighted by Gasteiger charge is 2.30. The maximum absolute atomic E-state index is 12.6. The van der Waals surface area contributed by atoms with Gasteiger partial charge in [-0.25, -0.2) is 0 Å². The molecular weight excluding hydrogens is 281 g/mol. The summed E-state index contributed by atoms with van der Waals surface area (Å²) in [6.45, 7) is 1.24. The van der Waals surface area contributed by atoms with E-state index in [1.807, 2.05) is 12.3 Å². The van der Waals surface area contributed by atoms with E-state index < -0.39 is 11.7 Å². The van der Waals surface area contributed by atoms with Crippen LogP contribution in [0.5, 0.6) is 0 Å². The predicted molar refractivity (Wildman–Crippen MR) is 71.5 cm³/mol. The van der Waals surface area contributed by atoms with E-state index >= 15 is 0 Å². The molecule has 7 heteroatoms. The lowest BCUT2D eigenvalue weighted by molar-refractivity contribution is -0.137. The van der Waals surface area contributed by atoms with Crippen molar-refractivity contribution in [2.45, 2.75) is 19.1 Å². The Morgan fingerprint density at radius 1 is 1.33 bits per heavy atom. The molecule has 1 N–H and O–H groups in total. The van der Waals surface area contributed by atoms with E-state index in [0.717, 1.165) is 18.6 Å². The number of nitriles is 1. The van der Waals surface area contributed by atoms with E-state index in [-0.39, 0.29) is 5.56 Å². The summed E-state index contributed by atoms with van der Waals surface area (Å²) in [5.41, 5.74) is -0.420. The highest BCUT2D eigenvalue weighted by Crippen LogP contribution is 2.31. The van der Waals surface area contributed by atoms with E-state index in [1.54, 1.807) is 16.9 Å². The Labute approximate surface area is 119 Å². The van der Waals surface area contributed by atoms with Crippen molar-refractivity contribution in [2.24, 2.45) is 0 Å². The first-order valence-corrected chi connectivity index (χ1v) is 6.33. The fourth-order valence-corrected chi connectivity index (χ4v) is 1.86. The number of rotatable bonds is 5. The topological polar surface area (TPSA) is 53.6 Å². The number of nitrogens with one attached hydrogen (secondary N) is 1. The zero-order valence-electron chi connectivity index (χ0n) is 11.1. The Morgan fingerprint density at radius 3 is 2.76 bits per heavy atom. The van der Waals surface area contributed by atoms with Crippen LogP contribution in [0.2, 0.25) is 0 Å². The molecule has 0 atom stereocenters.